The van der Waals surface area contributed by atoms with E-state index in [1.165, 1.54) is 12.1 Å². The molecule has 1 aliphatic rings. The average Bonchev–Trinajstić information content (AvgIpc) is 3.42. The number of benzene rings is 2. The van der Waals surface area contributed by atoms with E-state index in [-0.39, 0.29) is 18.3 Å². The molecule has 0 spiro atoms. The van der Waals surface area contributed by atoms with Crippen LogP contribution in [0.5, 0.6) is 0 Å². The van der Waals surface area contributed by atoms with E-state index in [9.17, 15) is 14.3 Å². The van der Waals surface area contributed by atoms with Crippen molar-refractivity contribution < 1.29 is 14.3 Å². The van der Waals surface area contributed by atoms with Gasteiger partial charge in [0.05, 0.1) is 18.3 Å². The number of aryl methyl sites for hydroxylation is 1. The van der Waals surface area contributed by atoms with Gasteiger partial charge in [0.2, 0.25) is 5.91 Å². The Morgan fingerprint density at radius 3 is 2.62 bits per heavy atom. The van der Waals surface area contributed by atoms with Crippen LogP contribution in [0.1, 0.15) is 30.1 Å². The van der Waals surface area contributed by atoms with Crippen LogP contribution in [0, 0.1) is 12.7 Å². The predicted octanol–water partition coefficient (Wildman–Crippen LogP) is 4.03. The Balaban J connectivity index is 1.61. The molecule has 0 aliphatic heterocycles. The first-order valence-electron chi connectivity index (χ1n) is 8.66. The maximum atomic E-state index is 13.0. The highest BCUT2D eigenvalue weighted by atomic mass is 79.9. The number of nitrogens with one attached hydrogen (secondary N) is 1. The molecule has 1 unspecified atom stereocenters. The third-order valence-electron chi connectivity index (χ3n) is 4.47. The molecule has 0 heterocycles. The van der Waals surface area contributed by atoms with Crippen molar-refractivity contribution in [3.05, 3.63) is 63.9 Å². The molecule has 4 nitrogen and oxygen atoms in total. The lowest BCUT2D eigenvalue weighted by molar-refractivity contribution is -0.117. The van der Waals surface area contributed by atoms with Gasteiger partial charge in [-0.2, -0.15) is 0 Å². The van der Waals surface area contributed by atoms with Gasteiger partial charge in [-0.25, -0.2) is 4.39 Å². The van der Waals surface area contributed by atoms with Gasteiger partial charge in [0.1, 0.15) is 5.82 Å². The van der Waals surface area contributed by atoms with Crippen molar-refractivity contribution in [2.75, 3.05) is 18.4 Å². The van der Waals surface area contributed by atoms with Gasteiger partial charge in [-0.1, -0.05) is 18.2 Å². The van der Waals surface area contributed by atoms with Crippen LogP contribution in [-0.2, 0) is 4.79 Å². The van der Waals surface area contributed by atoms with E-state index >= 15 is 0 Å². The molecular formula is C20H22BrFN2O2. The van der Waals surface area contributed by atoms with Crippen LogP contribution in [0.4, 0.5) is 10.1 Å². The number of nitrogens with zero attached hydrogens (tertiary/aromatic N) is 1. The third kappa shape index (κ3) is 5.13. The summed E-state index contributed by atoms with van der Waals surface area (Å²) in [5.41, 5.74) is 2.49. The Morgan fingerprint density at radius 1 is 1.31 bits per heavy atom. The number of hydrogen-bond acceptors (Lipinski definition) is 3. The third-order valence-corrected chi connectivity index (χ3v) is 5.13. The number of carbonyl (C=O) groups is 1. The van der Waals surface area contributed by atoms with E-state index in [0.717, 1.165) is 28.6 Å². The summed E-state index contributed by atoms with van der Waals surface area (Å²) >= 11 is 3.46. The van der Waals surface area contributed by atoms with Crippen molar-refractivity contribution in [2.24, 2.45) is 0 Å². The number of aliphatic hydroxyl groups is 1. The number of halogens is 2. The van der Waals surface area contributed by atoms with Gasteiger partial charge >= 0.3 is 0 Å². The largest absolute Gasteiger partial charge is 0.387 e. The Labute approximate surface area is 161 Å². The predicted molar refractivity (Wildman–Crippen MR) is 103 cm³/mol. The van der Waals surface area contributed by atoms with Crippen molar-refractivity contribution >= 4 is 27.5 Å². The first-order valence-corrected chi connectivity index (χ1v) is 9.45. The molecule has 1 aliphatic carbocycles. The summed E-state index contributed by atoms with van der Waals surface area (Å²) in [6.07, 6.45) is 1.30. The highest BCUT2D eigenvalue weighted by Gasteiger charge is 2.31. The number of rotatable bonds is 7. The fourth-order valence-corrected chi connectivity index (χ4v) is 3.48. The number of carbonyl (C=O) groups excluding carboxylic acids is 1. The number of aliphatic hydroxyl groups excluding tert-OH is 1. The topological polar surface area (TPSA) is 52.6 Å². The molecule has 2 aromatic carbocycles. The standard InChI is InChI=1S/C20H22BrFN2O2/c1-13-2-9-18(17(21)10-13)23-20(26)12-24(16-7-8-16)11-19(25)14-3-5-15(22)6-4-14/h2-6,9-10,16,19,25H,7-8,11-12H2,1H3,(H,23,26). The molecule has 0 bridgehead atoms. The Bertz CT molecular complexity index is 778. The van der Waals surface area contributed by atoms with E-state index in [0.29, 0.717) is 18.2 Å². The highest BCUT2D eigenvalue weighted by Crippen LogP contribution is 2.29. The van der Waals surface area contributed by atoms with Gasteiger partial charge in [0.15, 0.2) is 0 Å². The van der Waals surface area contributed by atoms with Crippen LogP contribution < -0.4 is 5.32 Å². The first-order chi connectivity index (χ1) is 12.4. The minimum absolute atomic E-state index is 0.118. The molecule has 0 radical (unpaired) electrons. The van der Waals surface area contributed by atoms with E-state index in [2.05, 4.69) is 21.2 Å². The smallest absolute Gasteiger partial charge is 0.238 e. The molecule has 2 aromatic rings. The quantitative estimate of drug-likeness (QED) is 0.710. The van der Waals surface area contributed by atoms with Crippen molar-refractivity contribution in [1.29, 1.82) is 0 Å². The maximum absolute atomic E-state index is 13.0. The lowest BCUT2D eigenvalue weighted by atomic mass is 10.1. The highest BCUT2D eigenvalue weighted by molar-refractivity contribution is 9.10. The number of amides is 1. The monoisotopic (exact) mass is 420 g/mol. The second-order valence-corrected chi connectivity index (χ2v) is 7.61. The molecule has 0 saturated heterocycles. The summed E-state index contributed by atoms with van der Waals surface area (Å²) in [6, 6.07) is 11.9. The van der Waals surface area contributed by atoms with Gasteiger partial charge in [0, 0.05) is 17.1 Å². The van der Waals surface area contributed by atoms with Gasteiger partial charge in [0.25, 0.3) is 0 Å². The zero-order valence-electron chi connectivity index (χ0n) is 14.6. The summed E-state index contributed by atoms with van der Waals surface area (Å²) in [4.78, 5) is 14.4. The lowest BCUT2D eigenvalue weighted by Gasteiger charge is -2.24. The zero-order valence-corrected chi connectivity index (χ0v) is 16.2. The second-order valence-electron chi connectivity index (χ2n) is 6.76. The molecule has 1 amide bonds. The summed E-state index contributed by atoms with van der Waals surface area (Å²) < 4.78 is 13.9. The van der Waals surface area contributed by atoms with E-state index < -0.39 is 6.10 Å². The molecule has 1 fully saturated rings. The Hall–Kier alpha value is -1.76. The Kier molecular flexibility index (Phi) is 6.06. The average molecular weight is 421 g/mol. The summed E-state index contributed by atoms with van der Waals surface area (Å²) in [7, 11) is 0. The summed E-state index contributed by atoms with van der Waals surface area (Å²) in [5, 5.41) is 13.3. The Morgan fingerprint density at radius 2 is 2.00 bits per heavy atom. The van der Waals surface area contributed by atoms with Gasteiger partial charge in [-0.3, -0.25) is 9.69 Å². The van der Waals surface area contributed by atoms with E-state index in [4.69, 9.17) is 0 Å². The molecule has 6 heteroatoms. The van der Waals surface area contributed by atoms with Crippen molar-refractivity contribution in [2.45, 2.75) is 31.9 Å². The van der Waals surface area contributed by atoms with Gasteiger partial charge < -0.3 is 10.4 Å². The van der Waals surface area contributed by atoms with E-state index in [1.54, 1.807) is 12.1 Å². The van der Waals surface area contributed by atoms with Crippen LogP contribution in [0.15, 0.2) is 46.9 Å². The molecule has 138 valence electrons. The number of hydrogen-bond donors (Lipinski definition) is 2. The normalized spacial score (nSPS) is 15.1. The fraction of sp³-hybridized carbons (Fsp3) is 0.350. The molecule has 3 rings (SSSR count). The van der Waals surface area contributed by atoms with E-state index in [1.807, 2.05) is 30.0 Å². The zero-order chi connectivity index (χ0) is 18.7. The van der Waals surface area contributed by atoms with Crippen LogP contribution in [0.3, 0.4) is 0 Å². The molecule has 1 atom stereocenters. The van der Waals surface area contributed by atoms with Crippen LogP contribution in [0.2, 0.25) is 0 Å². The SMILES string of the molecule is Cc1ccc(NC(=O)CN(CC(O)c2ccc(F)cc2)C2CC2)c(Br)c1. The van der Waals surface area contributed by atoms with Gasteiger partial charge in [-0.05, 0) is 71.1 Å². The molecule has 2 N–H and O–H groups in total. The molecule has 26 heavy (non-hydrogen) atoms. The molecule has 0 aromatic heterocycles. The van der Waals surface area contributed by atoms with Crippen LogP contribution in [-0.4, -0.2) is 35.0 Å². The second kappa shape index (κ2) is 8.29. The summed E-state index contributed by atoms with van der Waals surface area (Å²) in [5.74, 6) is -0.448. The summed E-state index contributed by atoms with van der Waals surface area (Å²) in [6.45, 7) is 2.55. The van der Waals surface area contributed by atoms with Crippen LogP contribution >= 0.6 is 15.9 Å². The molecular weight excluding hydrogens is 399 g/mol. The maximum Gasteiger partial charge on any atom is 0.238 e. The first kappa shape index (κ1) is 19.0. The van der Waals surface area contributed by atoms with Crippen molar-refractivity contribution in [3.63, 3.8) is 0 Å². The fourth-order valence-electron chi connectivity index (χ4n) is 2.89. The minimum Gasteiger partial charge on any atom is -0.387 e. The number of anilines is 1. The van der Waals surface area contributed by atoms with Crippen molar-refractivity contribution in [1.82, 2.24) is 4.90 Å². The van der Waals surface area contributed by atoms with Crippen LogP contribution in [0.25, 0.3) is 0 Å². The molecule has 1 saturated carbocycles. The van der Waals surface area contributed by atoms with Gasteiger partial charge in [-0.15, -0.1) is 0 Å². The minimum atomic E-state index is -0.755. The lowest BCUT2D eigenvalue weighted by Crippen LogP contribution is -2.37. The van der Waals surface area contributed by atoms with Crippen molar-refractivity contribution in [3.8, 4) is 0 Å².